The molecule has 1 atom stereocenters. The van der Waals surface area contributed by atoms with Crippen molar-refractivity contribution in [1.29, 1.82) is 0 Å². The topological polar surface area (TPSA) is 35.6 Å². The first-order valence-corrected chi connectivity index (χ1v) is 5.73. The van der Waals surface area contributed by atoms with E-state index in [1.165, 1.54) is 0 Å². The van der Waals surface area contributed by atoms with E-state index in [4.69, 9.17) is 0 Å². The Morgan fingerprint density at radius 1 is 1.53 bits per heavy atom. The lowest BCUT2D eigenvalue weighted by Crippen LogP contribution is -2.44. The van der Waals surface area contributed by atoms with Gasteiger partial charge < -0.3 is 15.1 Å². The Morgan fingerprint density at radius 2 is 2.27 bits per heavy atom. The zero-order valence-corrected chi connectivity index (χ0v) is 10.1. The van der Waals surface area contributed by atoms with Gasteiger partial charge in [0.25, 0.3) is 0 Å². The number of hydrogen-bond donors (Lipinski definition) is 1. The molecule has 0 saturated carbocycles. The van der Waals surface area contributed by atoms with Crippen molar-refractivity contribution in [3.63, 3.8) is 0 Å². The Kier molecular flexibility index (Phi) is 5.05. The van der Waals surface area contributed by atoms with Gasteiger partial charge in [0.1, 0.15) is 0 Å². The van der Waals surface area contributed by atoms with E-state index in [-0.39, 0.29) is 11.8 Å². The van der Waals surface area contributed by atoms with Crippen LogP contribution in [0.2, 0.25) is 0 Å². The summed E-state index contributed by atoms with van der Waals surface area (Å²) in [5.41, 5.74) is 0. The van der Waals surface area contributed by atoms with Gasteiger partial charge in [-0.2, -0.15) is 0 Å². The maximum absolute atomic E-state index is 11.8. The molecule has 1 heterocycles. The second-order valence-electron chi connectivity index (χ2n) is 4.48. The zero-order chi connectivity index (χ0) is 11.3. The summed E-state index contributed by atoms with van der Waals surface area (Å²) in [6.07, 6.45) is 2.20. The minimum absolute atomic E-state index is 0.214. The number of amides is 1. The number of rotatable bonds is 4. The summed E-state index contributed by atoms with van der Waals surface area (Å²) >= 11 is 0. The van der Waals surface area contributed by atoms with Crippen LogP contribution in [0.15, 0.2) is 0 Å². The molecule has 0 aromatic carbocycles. The largest absolute Gasteiger partial charge is 0.349 e. The van der Waals surface area contributed by atoms with Crippen LogP contribution >= 0.6 is 0 Å². The molecule has 1 N–H and O–H groups in total. The van der Waals surface area contributed by atoms with E-state index in [2.05, 4.69) is 10.2 Å². The molecule has 1 aliphatic heterocycles. The van der Waals surface area contributed by atoms with E-state index in [9.17, 15) is 4.79 Å². The molecule has 1 rings (SSSR count). The second-order valence-corrected chi connectivity index (χ2v) is 4.48. The quantitative estimate of drug-likeness (QED) is 0.714. The Morgan fingerprint density at radius 3 is 2.87 bits per heavy atom. The lowest BCUT2D eigenvalue weighted by molar-refractivity contribution is -0.134. The highest BCUT2D eigenvalue weighted by Crippen LogP contribution is 2.17. The molecule has 0 spiro atoms. The van der Waals surface area contributed by atoms with Crippen molar-refractivity contribution in [2.45, 2.75) is 12.8 Å². The first-order valence-electron chi connectivity index (χ1n) is 5.73. The lowest BCUT2D eigenvalue weighted by atomic mass is 9.97. The van der Waals surface area contributed by atoms with Gasteiger partial charge in [-0.15, -0.1) is 0 Å². The molecule has 0 radical (unpaired) electrons. The van der Waals surface area contributed by atoms with Gasteiger partial charge >= 0.3 is 0 Å². The molecule has 0 aromatic heterocycles. The highest BCUT2D eigenvalue weighted by Gasteiger charge is 2.26. The summed E-state index contributed by atoms with van der Waals surface area (Å²) in [6.45, 7) is 4.12. The van der Waals surface area contributed by atoms with Gasteiger partial charge in [0.15, 0.2) is 0 Å². The monoisotopic (exact) mass is 213 g/mol. The summed E-state index contributed by atoms with van der Waals surface area (Å²) in [7, 11) is 5.65. The van der Waals surface area contributed by atoms with Crippen LogP contribution in [0.5, 0.6) is 0 Å². The molecule has 4 heteroatoms. The maximum atomic E-state index is 11.8. The van der Waals surface area contributed by atoms with Gasteiger partial charge in [-0.1, -0.05) is 0 Å². The molecule has 0 aromatic rings. The van der Waals surface area contributed by atoms with E-state index >= 15 is 0 Å². The molecule has 15 heavy (non-hydrogen) atoms. The Labute approximate surface area is 92.6 Å². The third-order valence-corrected chi connectivity index (χ3v) is 2.97. The Bertz CT molecular complexity index is 206. The third kappa shape index (κ3) is 3.80. The molecule has 1 unspecified atom stereocenters. The van der Waals surface area contributed by atoms with E-state index in [0.717, 1.165) is 39.0 Å². The second kappa shape index (κ2) is 6.08. The number of nitrogens with zero attached hydrogens (tertiary/aromatic N) is 2. The molecule has 0 aliphatic carbocycles. The first kappa shape index (κ1) is 12.5. The smallest absolute Gasteiger partial charge is 0.226 e. The highest BCUT2D eigenvalue weighted by molar-refractivity contribution is 5.78. The summed E-state index contributed by atoms with van der Waals surface area (Å²) in [6, 6.07) is 0. The van der Waals surface area contributed by atoms with Gasteiger partial charge in [-0.25, -0.2) is 0 Å². The van der Waals surface area contributed by atoms with Crippen molar-refractivity contribution in [2.75, 3.05) is 47.3 Å². The standard InChI is InChI=1S/C11H23N3O/c1-12-6-8-14-7-4-5-10(9-14)11(15)13(2)3/h10,12H,4-9H2,1-3H3. The number of hydrogen-bond acceptors (Lipinski definition) is 3. The molecular weight excluding hydrogens is 190 g/mol. The average Bonchev–Trinajstić information content (AvgIpc) is 2.25. The minimum atomic E-state index is 0.214. The fourth-order valence-corrected chi connectivity index (χ4v) is 2.10. The van der Waals surface area contributed by atoms with Gasteiger partial charge in [-0.05, 0) is 26.4 Å². The van der Waals surface area contributed by atoms with Crippen LogP contribution in [-0.2, 0) is 4.79 Å². The van der Waals surface area contributed by atoms with Crippen LogP contribution in [0.3, 0.4) is 0 Å². The normalized spacial score (nSPS) is 22.7. The van der Waals surface area contributed by atoms with E-state index in [1.807, 2.05) is 21.1 Å². The van der Waals surface area contributed by atoms with E-state index in [0.29, 0.717) is 0 Å². The van der Waals surface area contributed by atoms with Gasteiger partial charge in [0, 0.05) is 33.7 Å². The molecule has 0 bridgehead atoms. The number of carbonyl (C=O) groups is 1. The van der Waals surface area contributed by atoms with Crippen LogP contribution in [0.1, 0.15) is 12.8 Å². The van der Waals surface area contributed by atoms with Crippen molar-refractivity contribution in [1.82, 2.24) is 15.1 Å². The van der Waals surface area contributed by atoms with Crippen LogP contribution < -0.4 is 5.32 Å². The van der Waals surface area contributed by atoms with Crippen molar-refractivity contribution in [3.8, 4) is 0 Å². The summed E-state index contributed by atoms with van der Waals surface area (Å²) in [4.78, 5) is 15.9. The van der Waals surface area contributed by atoms with Crippen molar-refractivity contribution >= 4 is 5.91 Å². The SMILES string of the molecule is CNCCN1CCCC(C(=O)N(C)C)C1. The molecule has 1 aliphatic rings. The van der Waals surface area contributed by atoms with Crippen LogP contribution in [0.4, 0.5) is 0 Å². The predicted octanol–water partition coefficient (Wildman–Crippen LogP) is 0.00600. The Hall–Kier alpha value is -0.610. The van der Waals surface area contributed by atoms with E-state index in [1.54, 1.807) is 4.90 Å². The minimum Gasteiger partial charge on any atom is -0.349 e. The van der Waals surface area contributed by atoms with E-state index < -0.39 is 0 Å². The Balaban J connectivity index is 2.38. The fraction of sp³-hybridized carbons (Fsp3) is 0.909. The molecule has 1 amide bonds. The van der Waals surface area contributed by atoms with Gasteiger partial charge in [0.2, 0.25) is 5.91 Å². The van der Waals surface area contributed by atoms with Crippen LogP contribution in [0.25, 0.3) is 0 Å². The number of piperidine rings is 1. The average molecular weight is 213 g/mol. The zero-order valence-electron chi connectivity index (χ0n) is 10.1. The predicted molar refractivity (Wildman–Crippen MR) is 61.8 cm³/mol. The highest BCUT2D eigenvalue weighted by atomic mass is 16.2. The number of nitrogens with one attached hydrogen (secondary N) is 1. The van der Waals surface area contributed by atoms with Gasteiger partial charge in [0.05, 0.1) is 5.92 Å². The summed E-state index contributed by atoms with van der Waals surface area (Å²) in [5, 5.41) is 3.14. The van der Waals surface area contributed by atoms with Gasteiger partial charge in [-0.3, -0.25) is 4.79 Å². The molecule has 4 nitrogen and oxygen atoms in total. The third-order valence-electron chi connectivity index (χ3n) is 2.97. The molecule has 1 fully saturated rings. The molecular formula is C11H23N3O. The van der Waals surface area contributed by atoms with Crippen LogP contribution in [-0.4, -0.2) is 63.0 Å². The molecule has 1 saturated heterocycles. The maximum Gasteiger partial charge on any atom is 0.226 e. The van der Waals surface area contributed by atoms with Crippen molar-refractivity contribution in [3.05, 3.63) is 0 Å². The van der Waals surface area contributed by atoms with Crippen molar-refractivity contribution in [2.24, 2.45) is 5.92 Å². The number of likely N-dealkylation sites (N-methyl/N-ethyl adjacent to an activating group) is 1. The fourth-order valence-electron chi connectivity index (χ4n) is 2.10. The van der Waals surface area contributed by atoms with Crippen molar-refractivity contribution < 1.29 is 4.79 Å². The van der Waals surface area contributed by atoms with Crippen LogP contribution in [0, 0.1) is 5.92 Å². The first-order chi connectivity index (χ1) is 7.15. The number of carbonyl (C=O) groups excluding carboxylic acids is 1. The molecule has 88 valence electrons. The lowest BCUT2D eigenvalue weighted by Gasteiger charge is -2.33. The summed E-state index contributed by atoms with van der Waals surface area (Å²) < 4.78 is 0. The number of likely N-dealkylation sites (tertiary alicyclic amines) is 1. The summed E-state index contributed by atoms with van der Waals surface area (Å²) in [5.74, 6) is 0.495.